The minimum Gasteiger partial charge on any atom is -0.322 e. The Bertz CT molecular complexity index is 835. The highest BCUT2D eigenvalue weighted by Gasteiger charge is 2.10. The van der Waals surface area contributed by atoms with Crippen molar-refractivity contribution >= 4 is 22.6 Å². The smallest absolute Gasteiger partial charge is 0.255 e. The lowest BCUT2D eigenvalue weighted by Crippen LogP contribution is -2.12. The predicted molar refractivity (Wildman–Crippen MR) is 82.4 cm³/mol. The van der Waals surface area contributed by atoms with Gasteiger partial charge < -0.3 is 5.32 Å². The van der Waals surface area contributed by atoms with Crippen molar-refractivity contribution in [1.82, 2.24) is 15.0 Å². The fraction of sp³-hybridized carbons (Fsp3) is 0.188. The van der Waals surface area contributed by atoms with E-state index in [1.807, 2.05) is 45.2 Å². The van der Waals surface area contributed by atoms with E-state index < -0.39 is 0 Å². The van der Waals surface area contributed by atoms with Crippen LogP contribution in [0.3, 0.4) is 0 Å². The number of nitrogens with one attached hydrogen (secondary N) is 1. The van der Waals surface area contributed by atoms with Crippen LogP contribution >= 0.6 is 0 Å². The maximum absolute atomic E-state index is 12.3. The summed E-state index contributed by atoms with van der Waals surface area (Å²) >= 11 is 0. The van der Waals surface area contributed by atoms with E-state index in [9.17, 15) is 4.79 Å². The third kappa shape index (κ3) is 2.50. The SMILES string of the molecule is Cc1ccc(NC(=O)c2ccc3c(c2)nnn3C)c(C)c1. The van der Waals surface area contributed by atoms with Gasteiger partial charge in [-0.05, 0) is 43.7 Å². The zero-order chi connectivity index (χ0) is 15.0. The highest BCUT2D eigenvalue weighted by molar-refractivity contribution is 6.06. The van der Waals surface area contributed by atoms with Crippen LogP contribution in [0.4, 0.5) is 5.69 Å². The lowest BCUT2D eigenvalue weighted by Gasteiger charge is -2.09. The van der Waals surface area contributed by atoms with E-state index in [1.165, 1.54) is 5.56 Å². The molecule has 21 heavy (non-hydrogen) atoms. The number of carbonyl (C=O) groups excluding carboxylic acids is 1. The summed E-state index contributed by atoms with van der Waals surface area (Å²) in [4.78, 5) is 12.3. The zero-order valence-corrected chi connectivity index (χ0v) is 12.2. The van der Waals surface area contributed by atoms with Crippen LogP contribution in [-0.4, -0.2) is 20.9 Å². The molecule has 1 N–H and O–H groups in total. The van der Waals surface area contributed by atoms with E-state index in [0.29, 0.717) is 11.1 Å². The molecule has 1 amide bonds. The minimum atomic E-state index is -0.144. The highest BCUT2D eigenvalue weighted by atomic mass is 16.1. The predicted octanol–water partition coefficient (Wildman–Crippen LogP) is 2.84. The molecule has 106 valence electrons. The molecule has 0 spiro atoms. The quantitative estimate of drug-likeness (QED) is 0.785. The maximum Gasteiger partial charge on any atom is 0.255 e. The van der Waals surface area contributed by atoms with Crippen molar-refractivity contribution in [3.8, 4) is 0 Å². The molecule has 0 aliphatic heterocycles. The molecule has 0 aliphatic carbocycles. The third-order valence-electron chi connectivity index (χ3n) is 3.50. The fourth-order valence-electron chi connectivity index (χ4n) is 2.33. The Morgan fingerprint density at radius 3 is 2.71 bits per heavy atom. The molecule has 2 aromatic carbocycles. The van der Waals surface area contributed by atoms with Gasteiger partial charge in [0, 0.05) is 18.3 Å². The normalized spacial score (nSPS) is 10.8. The molecule has 3 aromatic rings. The molecule has 0 bridgehead atoms. The minimum absolute atomic E-state index is 0.144. The van der Waals surface area contributed by atoms with Crippen LogP contribution in [0, 0.1) is 13.8 Å². The Morgan fingerprint density at radius 2 is 1.95 bits per heavy atom. The van der Waals surface area contributed by atoms with Crippen LogP contribution in [0.5, 0.6) is 0 Å². The molecular formula is C16H16N4O. The van der Waals surface area contributed by atoms with Crippen LogP contribution in [-0.2, 0) is 7.05 Å². The second-order valence-electron chi connectivity index (χ2n) is 5.19. The summed E-state index contributed by atoms with van der Waals surface area (Å²) in [7, 11) is 1.82. The first-order valence-corrected chi connectivity index (χ1v) is 6.72. The van der Waals surface area contributed by atoms with Crippen molar-refractivity contribution in [2.24, 2.45) is 7.05 Å². The molecular weight excluding hydrogens is 264 g/mol. The number of rotatable bonds is 2. The molecule has 5 nitrogen and oxygen atoms in total. The molecule has 5 heteroatoms. The standard InChI is InChI=1S/C16H16N4O/c1-10-4-6-13(11(2)8-10)17-16(21)12-5-7-15-14(9-12)18-19-20(15)3/h4-9H,1-3H3,(H,17,21). The monoisotopic (exact) mass is 280 g/mol. The van der Waals surface area contributed by atoms with Gasteiger partial charge in [0.2, 0.25) is 0 Å². The van der Waals surface area contributed by atoms with Crippen molar-refractivity contribution in [3.63, 3.8) is 0 Å². The van der Waals surface area contributed by atoms with Gasteiger partial charge in [-0.25, -0.2) is 4.68 Å². The first-order valence-electron chi connectivity index (χ1n) is 6.72. The molecule has 0 radical (unpaired) electrons. The first kappa shape index (κ1) is 13.3. The van der Waals surface area contributed by atoms with Gasteiger partial charge in [-0.15, -0.1) is 5.10 Å². The van der Waals surface area contributed by atoms with Crippen LogP contribution in [0.1, 0.15) is 21.5 Å². The number of hydrogen-bond acceptors (Lipinski definition) is 3. The largest absolute Gasteiger partial charge is 0.322 e. The molecule has 0 saturated carbocycles. The van der Waals surface area contributed by atoms with E-state index >= 15 is 0 Å². The fourth-order valence-corrected chi connectivity index (χ4v) is 2.33. The van der Waals surface area contributed by atoms with Gasteiger partial charge in [0.15, 0.2) is 0 Å². The number of carbonyl (C=O) groups is 1. The molecule has 0 unspecified atom stereocenters. The van der Waals surface area contributed by atoms with Crippen molar-refractivity contribution < 1.29 is 4.79 Å². The molecule has 0 fully saturated rings. The van der Waals surface area contributed by atoms with Crippen molar-refractivity contribution in [3.05, 3.63) is 53.1 Å². The molecule has 1 aromatic heterocycles. The Labute approximate surface area is 122 Å². The van der Waals surface area contributed by atoms with Crippen LogP contribution < -0.4 is 5.32 Å². The number of amides is 1. The third-order valence-corrected chi connectivity index (χ3v) is 3.50. The first-order chi connectivity index (χ1) is 10.0. The number of nitrogens with zero attached hydrogens (tertiary/aromatic N) is 3. The lowest BCUT2D eigenvalue weighted by atomic mass is 10.1. The summed E-state index contributed by atoms with van der Waals surface area (Å²) in [6, 6.07) is 11.3. The molecule has 0 aliphatic rings. The number of aromatic nitrogens is 3. The van der Waals surface area contributed by atoms with Gasteiger partial charge in [0.1, 0.15) is 5.52 Å². The summed E-state index contributed by atoms with van der Waals surface area (Å²) < 4.78 is 1.68. The van der Waals surface area contributed by atoms with E-state index in [-0.39, 0.29) is 5.91 Å². The highest BCUT2D eigenvalue weighted by Crippen LogP contribution is 2.18. The Hall–Kier alpha value is -2.69. The van der Waals surface area contributed by atoms with Gasteiger partial charge >= 0.3 is 0 Å². The summed E-state index contributed by atoms with van der Waals surface area (Å²) in [5.41, 5.74) is 5.23. The average molecular weight is 280 g/mol. The summed E-state index contributed by atoms with van der Waals surface area (Å²) in [6.07, 6.45) is 0. The summed E-state index contributed by atoms with van der Waals surface area (Å²) in [5.74, 6) is -0.144. The topological polar surface area (TPSA) is 59.8 Å². The number of anilines is 1. The second-order valence-corrected chi connectivity index (χ2v) is 5.19. The summed E-state index contributed by atoms with van der Waals surface area (Å²) in [5, 5.41) is 10.9. The van der Waals surface area contributed by atoms with Crippen molar-refractivity contribution in [1.29, 1.82) is 0 Å². The van der Waals surface area contributed by atoms with Crippen LogP contribution in [0.15, 0.2) is 36.4 Å². The van der Waals surface area contributed by atoms with Gasteiger partial charge in [-0.3, -0.25) is 4.79 Å². The van der Waals surface area contributed by atoms with E-state index in [2.05, 4.69) is 15.6 Å². The Kier molecular flexibility index (Phi) is 3.17. The lowest BCUT2D eigenvalue weighted by molar-refractivity contribution is 0.102. The average Bonchev–Trinajstić information content (AvgIpc) is 2.83. The second kappa shape index (κ2) is 5.01. The Balaban J connectivity index is 1.89. The van der Waals surface area contributed by atoms with Gasteiger partial charge in [0.25, 0.3) is 5.91 Å². The number of fused-ring (bicyclic) bond motifs is 1. The van der Waals surface area contributed by atoms with E-state index in [0.717, 1.165) is 16.8 Å². The molecule has 3 rings (SSSR count). The number of aryl methyl sites for hydroxylation is 3. The molecule has 0 saturated heterocycles. The summed E-state index contributed by atoms with van der Waals surface area (Å²) in [6.45, 7) is 4.01. The van der Waals surface area contributed by atoms with E-state index in [1.54, 1.807) is 16.8 Å². The maximum atomic E-state index is 12.3. The van der Waals surface area contributed by atoms with Crippen molar-refractivity contribution in [2.75, 3.05) is 5.32 Å². The zero-order valence-electron chi connectivity index (χ0n) is 12.2. The molecule has 0 atom stereocenters. The molecule has 1 heterocycles. The Morgan fingerprint density at radius 1 is 1.14 bits per heavy atom. The van der Waals surface area contributed by atoms with Crippen LogP contribution in [0.25, 0.3) is 11.0 Å². The number of benzene rings is 2. The van der Waals surface area contributed by atoms with E-state index in [4.69, 9.17) is 0 Å². The number of hydrogen-bond donors (Lipinski definition) is 1. The van der Waals surface area contributed by atoms with Gasteiger partial charge in [-0.2, -0.15) is 0 Å². The van der Waals surface area contributed by atoms with Gasteiger partial charge in [-0.1, -0.05) is 22.9 Å². The van der Waals surface area contributed by atoms with Crippen molar-refractivity contribution in [2.45, 2.75) is 13.8 Å². The van der Waals surface area contributed by atoms with Gasteiger partial charge in [0.05, 0.1) is 5.52 Å². The van der Waals surface area contributed by atoms with Crippen LogP contribution in [0.2, 0.25) is 0 Å².